The Morgan fingerprint density at radius 3 is 2.42 bits per heavy atom. The lowest BCUT2D eigenvalue weighted by atomic mass is 9.84. The van der Waals surface area contributed by atoms with E-state index in [1.165, 1.54) is 38.8 Å². The largest absolute Gasteiger partial charge is 0.379 e. The van der Waals surface area contributed by atoms with Gasteiger partial charge in [0.1, 0.15) is 0 Å². The number of hydrogen-bond acceptors (Lipinski definition) is 3. The molecule has 3 heterocycles. The van der Waals surface area contributed by atoms with Gasteiger partial charge in [0, 0.05) is 60.1 Å². The van der Waals surface area contributed by atoms with Crippen LogP contribution in [0.15, 0.2) is 79.0 Å². The number of ether oxygens (including phenoxy) is 1. The molecule has 6 rings (SSSR count). The monoisotopic (exact) mass is 409 g/mol. The summed E-state index contributed by atoms with van der Waals surface area (Å²) < 4.78 is 5.56. The summed E-state index contributed by atoms with van der Waals surface area (Å²) in [6, 6.07) is 26.6. The Kier molecular flexibility index (Phi) is 4.74. The van der Waals surface area contributed by atoms with E-state index < -0.39 is 0 Å². The van der Waals surface area contributed by atoms with Gasteiger partial charge in [-0.15, -0.1) is 0 Å². The molecule has 1 unspecified atom stereocenters. The van der Waals surface area contributed by atoms with Crippen LogP contribution in [0.5, 0.6) is 0 Å². The van der Waals surface area contributed by atoms with Crippen molar-refractivity contribution in [1.29, 1.82) is 0 Å². The number of H-pyrrole nitrogens is 1. The number of rotatable bonds is 4. The maximum absolute atomic E-state index is 5.56. The summed E-state index contributed by atoms with van der Waals surface area (Å²) in [6.45, 7) is 5.73. The van der Waals surface area contributed by atoms with Crippen molar-refractivity contribution in [3.05, 3.63) is 90.1 Å². The van der Waals surface area contributed by atoms with Crippen molar-refractivity contribution < 1.29 is 4.74 Å². The van der Waals surface area contributed by atoms with Gasteiger partial charge in [0.15, 0.2) is 0 Å². The Balaban J connectivity index is 1.48. The zero-order valence-electron chi connectivity index (χ0n) is 17.6. The molecular weight excluding hydrogens is 382 g/mol. The number of benzene rings is 3. The van der Waals surface area contributed by atoms with Gasteiger partial charge < -0.3 is 14.6 Å². The van der Waals surface area contributed by atoms with Crippen LogP contribution in [-0.4, -0.2) is 49.3 Å². The average molecular weight is 410 g/mol. The predicted octanol–water partition coefficient (Wildman–Crippen LogP) is 5.08. The third-order valence-electron chi connectivity index (χ3n) is 6.75. The molecule has 1 N–H and O–H groups in total. The highest BCUT2D eigenvalue weighted by Gasteiger charge is 2.33. The molecule has 0 spiro atoms. The van der Waals surface area contributed by atoms with Crippen LogP contribution in [0.25, 0.3) is 22.0 Å². The first-order valence-electron chi connectivity index (χ1n) is 11.2. The van der Waals surface area contributed by atoms with E-state index in [0.717, 1.165) is 39.4 Å². The summed E-state index contributed by atoms with van der Waals surface area (Å²) in [5.74, 6) is 0. The molecule has 0 aliphatic carbocycles. The van der Waals surface area contributed by atoms with Crippen molar-refractivity contribution in [1.82, 2.24) is 9.88 Å². The van der Waals surface area contributed by atoms with Crippen molar-refractivity contribution in [2.45, 2.75) is 6.04 Å². The molecule has 0 bridgehead atoms. The molecular formula is C27H27N3O. The number of aromatic nitrogens is 1. The predicted molar refractivity (Wildman–Crippen MR) is 127 cm³/mol. The van der Waals surface area contributed by atoms with Crippen molar-refractivity contribution in [3.8, 4) is 11.1 Å². The molecule has 31 heavy (non-hydrogen) atoms. The average Bonchev–Trinajstić information content (AvgIpc) is 3.27. The number of hydrogen-bond donors (Lipinski definition) is 1. The highest BCUT2D eigenvalue weighted by Crippen LogP contribution is 2.48. The third kappa shape index (κ3) is 3.23. The van der Waals surface area contributed by atoms with Crippen molar-refractivity contribution in [3.63, 3.8) is 0 Å². The van der Waals surface area contributed by atoms with Crippen LogP contribution >= 0.6 is 0 Å². The summed E-state index contributed by atoms with van der Waals surface area (Å²) in [6.07, 6.45) is 2.21. The van der Waals surface area contributed by atoms with Crippen LogP contribution < -0.4 is 4.90 Å². The van der Waals surface area contributed by atoms with Gasteiger partial charge in [0.05, 0.1) is 19.3 Å². The molecule has 3 aromatic carbocycles. The van der Waals surface area contributed by atoms with Gasteiger partial charge in [-0.25, -0.2) is 0 Å². The number of nitrogens with zero attached hydrogens (tertiary/aromatic N) is 2. The van der Waals surface area contributed by atoms with Gasteiger partial charge in [-0.05, 0) is 23.3 Å². The molecule has 2 aliphatic heterocycles. The number of aromatic amines is 1. The Morgan fingerprint density at radius 2 is 1.52 bits per heavy atom. The summed E-state index contributed by atoms with van der Waals surface area (Å²) in [7, 11) is 0. The van der Waals surface area contributed by atoms with Crippen molar-refractivity contribution >= 4 is 16.6 Å². The first-order valence-corrected chi connectivity index (χ1v) is 11.2. The second kappa shape index (κ2) is 7.88. The highest BCUT2D eigenvalue weighted by molar-refractivity contribution is 5.90. The fourth-order valence-corrected chi connectivity index (χ4v) is 5.22. The van der Waals surface area contributed by atoms with Gasteiger partial charge in [0.2, 0.25) is 0 Å². The lowest BCUT2D eigenvalue weighted by Crippen LogP contribution is -2.43. The van der Waals surface area contributed by atoms with Gasteiger partial charge >= 0.3 is 0 Å². The van der Waals surface area contributed by atoms with E-state index in [4.69, 9.17) is 4.74 Å². The quantitative estimate of drug-likeness (QED) is 0.510. The number of morpholine rings is 1. The number of para-hydroxylation sites is 2. The second-order valence-electron chi connectivity index (χ2n) is 8.44. The molecule has 156 valence electrons. The van der Waals surface area contributed by atoms with Crippen molar-refractivity contribution in [2.24, 2.45) is 0 Å². The van der Waals surface area contributed by atoms with Crippen LogP contribution in [0.3, 0.4) is 0 Å². The third-order valence-corrected chi connectivity index (χ3v) is 6.75. The van der Waals surface area contributed by atoms with Gasteiger partial charge in [-0.2, -0.15) is 0 Å². The maximum atomic E-state index is 5.56. The molecule has 4 nitrogen and oxygen atoms in total. The normalized spacial score (nSPS) is 18.7. The summed E-state index contributed by atoms with van der Waals surface area (Å²) in [4.78, 5) is 8.65. The number of anilines is 1. The SMILES string of the molecule is c1ccc2c(c1)-c1ccccc1N(CCN1CCOCC1)C2c1c[nH]c2ccccc12. The smallest absolute Gasteiger partial charge is 0.0823 e. The molecule has 1 saturated heterocycles. The summed E-state index contributed by atoms with van der Waals surface area (Å²) in [5, 5.41) is 1.30. The molecule has 1 atom stereocenters. The summed E-state index contributed by atoms with van der Waals surface area (Å²) >= 11 is 0. The van der Waals surface area contributed by atoms with Crippen LogP contribution in [-0.2, 0) is 4.74 Å². The molecule has 0 amide bonds. The van der Waals surface area contributed by atoms with Gasteiger partial charge in [-0.3, -0.25) is 4.90 Å². The van der Waals surface area contributed by atoms with Crippen LogP contribution in [0, 0.1) is 0 Å². The molecule has 1 aromatic heterocycles. The van der Waals surface area contributed by atoms with Crippen LogP contribution in [0.1, 0.15) is 17.2 Å². The van der Waals surface area contributed by atoms with E-state index in [1.54, 1.807) is 0 Å². The molecule has 4 heteroatoms. The molecule has 1 fully saturated rings. The highest BCUT2D eigenvalue weighted by atomic mass is 16.5. The Morgan fingerprint density at radius 1 is 0.774 bits per heavy atom. The fourth-order valence-electron chi connectivity index (χ4n) is 5.22. The van der Waals surface area contributed by atoms with E-state index in [9.17, 15) is 0 Å². The topological polar surface area (TPSA) is 31.5 Å². The van der Waals surface area contributed by atoms with E-state index in [2.05, 4.69) is 93.8 Å². The Hall–Kier alpha value is -3.08. The molecule has 0 radical (unpaired) electrons. The Bertz CT molecular complexity index is 1210. The van der Waals surface area contributed by atoms with E-state index in [0.29, 0.717) is 0 Å². The fraction of sp³-hybridized carbons (Fsp3) is 0.259. The van der Waals surface area contributed by atoms with Crippen LogP contribution in [0.4, 0.5) is 5.69 Å². The van der Waals surface area contributed by atoms with Crippen LogP contribution in [0.2, 0.25) is 0 Å². The zero-order valence-corrected chi connectivity index (χ0v) is 17.6. The first-order chi connectivity index (χ1) is 15.4. The minimum absolute atomic E-state index is 0.184. The number of fused-ring (bicyclic) bond motifs is 4. The lowest BCUT2D eigenvalue weighted by Gasteiger charge is -2.41. The van der Waals surface area contributed by atoms with Crippen molar-refractivity contribution in [2.75, 3.05) is 44.3 Å². The van der Waals surface area contributed by atoms with E-state index in [1.807, 2.05) is 0 Å². The first kappa shape index (κ1) is 18.7. The Labute approximate surface area is 183 Å². The minimum Gasteiger partial charge on any atom is -0.379 e. The molecule has 2 aliphatic rings. The second-order valence-corrected chi connectivity index (χ2v) is 8.44. The molecule has 4 aromatic rings. The standard InChI is InChI=1S/C27H27N3O/c1-2-10-23-20(7-1)22-9-4-6-12-26(22)30(14-13-29-15-17-31-18-16-29)27(23)24-19-28-25-11-5-3-8-21(24)25/h1-12,19,27-28H,13-18H2. The summed E-state index contributed by atoms with van der Waals surface area (Å²) in [5.41, 5.74) is 7.92. The molecule has 0 saturated carbocycles. The van der Waals surface area contributed by atoms with E-state index >= 15 is 0 Å². The maximum Gasteiger partial charge on any atom is 0.0823 e. The minimum atomic E-state index is 0.184. The zero-order chi connectivity index (χ0) is 20.6. The van der Waals surface area contributed by atoms with Gasteiger partial charge in [-0.1, -0.05) is 60.7 Å². The number of nitrogens with one attached hydrogen (secondary N) is 1. The van der Waals surface area contributed by atoms with Gasteiger partial charge in [0.25, 0.3) is 0 Å². The lowest BCUT2D eigenvalue weighted by molar-refractivity contribution is 0.0390. The van der Waals surface area contributed by atoms with E-state index in [-0.39, 0.29) is 6.04 Å².